The van der Waals surface area contributed by atoms with Gasteiger partial charge in [0.15, 0.2) is 0 Å². The summed E-state index contributed by atoms with van der Waals surface area (Å²) in [6.07, 6.45) is 0.327. The number of urea groups is 1. The molecule has 1 aromatic rings. The SMILES string of the molecule is CC(C)(C)[Si](C)(C)Oc1ccc(N2CCC(=O)NC2=O)cc1. The molecule has 1 saturated heterocycles. The molecular formula is C16H24N2O3Si. The van der Waals surface area contributed by atoms with Crippen molar-refractivity contribution in [3.63, 3.8) is 0 Å². The molecule has 1 N–H and O–H groups in total. The topological polar surface area (TPSA) is 58.6 Å². The highest BCUT2D eigenvalue weighted by atomic mass is 28.4. The molecule has 1 fully saturated rings. The molecule has 0 aromatic heterocycles. The minimum Gasteiger partial charge on any atom is -0.544 e. The monoisotopic (exact) mass is 320 g/mol. The number of nitrogens with one attached hydrogen (secondary N) is 1. The van der Waals surface area contributed by atoms with Gasteiger partial charge in [-0.15, -0.1) is 0 Å². The molecular weight excluding hydrogens is 296 g/mol. The van der Waals surface area contributed by atoms with Gasteiger partial charge >= 0.3 is 6.03 Å². The number of carbonyl (C=O) groups excluding carboxylic acids is 2. The molecule has 0 bridgehead atoms. The van der Waals surface area contributed by atoms with Gasteiger partial charge < -0.3 is 4.43 Å². The van der Waals surface area contributed by atoms with Gasteiger partial charge in [-0.05, 0) is 42.4 Å². The van der Waals surface area contributed by atoms with Crippen LogP contribution in [0.2, 0.25) is 18.1 Å². The third-order valence-corrected chi connectivity index (χ3v) is 8.74. The lowest BCUT2D eigenvalue weighted by Gasteiger charge is -2.36. The summed E-state index contributed by atoms with van der Waals surface area (Å²) in [5, 5.41) is 2.46. The standard InChI is InChI=1S/C16H24N2O3Si/c1-16(2,3)22(4,5)21-13-8-6-12(7-9-13)18-11-10-14(19)17-15(18)20/h6-9H,10-11H2,1-5H3,(H,17,19,20). The summed E-state index contributed by atoms with van der Waals surface area (Å²) in [6.45, 7) is 11.4. The van der Waals surface area contributed by atoms with E-state index in [1.807, 2.05) is 24.3 Å². The van der Waals surface area contributed by atoms with Crippen molar-refractivity contribution in [2.45, 2.75) is 45.3 Å². The van der Waals surface area contributed by atoms with Gasteiger partial charge in [-0.25, -0.2) is 4.79 Å². The second-order valence-corrected chi connectivity index (χ2v) is 11.8. The van der Waals surface area contributed by atoms with Crippen molar-refractivity contribution in [2.24, 2.45) is 0 Å². The minimum absolute atomic E-state index is 0.138. The third-order valence-electron chi connectivity index (χ3n) is 4.38. The number of rotatable bonds is 3. The van der Waals surface area contributed by atoms with Crippen LogP contribution in [0.4, 0.5) is 10.5 Å². The van der Waals surface area contributed by atoms with Crippen molar-refractivity contribution in [3.8, 4) is 5.75 Å². The highest BCUT2D eigenvalue weighted by Crippen LogP contribution is 2.37. The molecule has 5 nitrogen and oxygen atoms in total. The maximum Gasteiger partial charge on any atom is 0.328 e. The van der Waals surface area contributed by atoms with E-state index in [1.54, 1.807) is 4.90 Å². The van der Waals surface area contributed by atoms with Crippen molar-refractivity contribution in [1.29, 1.82) is 0 Å². The van der Waals surface area contributed by atoms with E-state index < -0.39 is 8.32 Å². The molecule has 0 atom stereocenters. The largest absolute Gasteiger partial charge is 0.544 e. The molecule has 0 spiro atoms. The first-order chi connectivity index (χ1) is 10.1. The van der Waals surface area contributed by atoms with E-state index in [2.05, 4.69) is 39.2 Å². The van der Waals surface area contributed by atoms with Crippen LogP contribution in [-0.4, -0.2) is 26.8 Å². The molecule has 1 heterocycles. The van der Waals surface area contributed by atoms with Crippen molar-refractivity contribution < 1.29 is 14.0 Å². The van der Waals surface area contributed by atoms with E-state index in [9.17, 15) is 9.59 Å². The fraction of sp³-hybridized carbons (Fsp3) is 0.500. The van der Waals surface area contributed by atoms with E-state index in [-0.39, 0.29) is 17.0 Å². The zero-order valence-corrected chi connectivity index (χ0v) is 14.9. The van der Waals surface area contributed by atoms with Gasteiger partial charge in [0.1, 0.15) is 5.75 Å². The zero-order chi connectivity index (χ0) is 16.5. The van der Waals surface area contributed by atoms with Crippen LogP contribution in [0.3, 0.4) is 0 Å². The van der Waals surface area contributed by atoms with Crippen LogP contribution < -0.4 is 14.6 Å². The second kappa shape index (κ2) is 5.76. The first kappa shape index (κ1) is 16.5. The number of nitrogens with zero attached hydrogens (tertiary/aromatic N) is 1. The molecule has 120 valence electrons. The number of imide groups is 1. The average Bonchev–Trinajstić information content (AvgIpc) is 2.38. The predicted octanol–water partition coefficient (Wildman–Crippen LogP) is 3.52. The number of amides is 3. The normalized spacial score (nSPS) is 16.5. The molecule has 0 radical (unpaired) electrons. The van der Waals surface area contributed by atoms with Gasteiger partial charge in [0.05, 0.1) is 0 Å². The van der Waals surface area contributed by atoms with Crippen LogP contribution in [0.5, 0.6) is 5.75 Å². The van der Waals surface area contributed by atoms with E-state index in [4.69, 9.17) is 4.43 Å². The van der Waals surface area contributed by atoms with Gasteiger partial charge in [0.25, 0.3) is 0 Å². The first-order valence-electron chi connectivity index (χ1n) is 7.50. The van der Waals surface area contributed by atoms with Gasteiger partial charge in [0.2, 0.25) is 14.2 Å². The summed E-state index contributed by atoms with van der Waals surface area (Å²) in [5.74, 6) is 0.600. The number of hydrogen-bond acceptors (Lipinski definition) is 3. The molecule has 1 aliphatic rings. The van der Waals surface area contributed by atoms with E-state index in [0.717, 1.165) is 11.4 Å². The number of hydrogen-bond donors (Lipinski definition) is 1. The highest BCUT2D eigenvalue weighted by Gasteiger charge is 2.39. The van der Waals surface area contributed by atoms with E-state index in [1.165, 1.54) is 0 Å². The maximum atomic E-state index is 11.8. The Hall–Kier alpha value is -1.82. The fourth-order valence-corrected chi connectivity index (χ4v) is 2.98. The Kier molecular flexibility index (Phi) is 4.33. The van der Waals surface area contributed by atoms with Crippen molar-refractivity contribution >= 4 is 25.9 Å². The van der Waals surface area contributed by atoms with Crippen LogP contribution in [0.25, 0.3) is 0 Å². The van der Waals surface area contributed by atoms with Gasteiger partial charge in [0, 0.05) is 18.7 Å². The zero-order valence-electron chi connectivity index (χ0n) is 13.9. The number of benzene rings is 1. The molecule has 1 aliphatic heterocycles. The van der Waals surface area contributed by atoms with Crippen molar-refractivity contribution in [3.05, 3.63) is 24.3 Å². The van der Waals surface area contributed by atoms with Crippen LogP contribution in [0, 0.1) is 0 Å². The first-order valence-corrected chi connectivity index (χ1v) is 10.4. The van der Waals surface area contributed by atoms with Crippen LogP contribution >= 0.6 is 0 Å². The summed E-state index contributed by atoms with van der Waals surface area (Å²) in [7, 11) is -1.86. The van der Waals surface area contributed by atoms with Gasteiger partial charge in [-0.2, -0.15) is 0 Å². The van der Waals surface area contributed by atoms with Crippen molar-refractivity contribution in [2.75, 3.05) is 11.4 Å². The Morgan fingerprint density at radius 3 is 2.23 bits per heavy atom. The molecule has 0 saturated carbocycles. The molecule has 2 rings (SSSR count). The Balaban J connectivity index is 2.11. The summed E-state index contributed by atoms with van der Waals surface area (Å²) in [4.78, 5) is 24.6. The molecule has 0 aliphatic carbocycles. The predicted molar refractivity (Wildman–Crippen MR) is 89.8 cm³/mol. The summed E-state index contributed by atoms with van der Waals surface area (Å²) in [6, 6.07) is 7.13. The molecule has 0 unspecified atom stereocenters. The lowest BCUT2D eigenvalue weighted by Crippen LogP contribution is -2.49. The van der Waals surface area contributed by atoms with Gasteiger partial charge in [-0.1, -0.05) is 20.8 Å². The molecule has 3 amide bonds. The Bertz CT molecular complexity index is 576. The molecule has 22 heavy (non-hydrogen) atoms. The smallest absolute Gasteiger partial charge is 0.328 e. The lowest BCUT2D eigenvalue weighted by atomic mass is 10.2. The Morgan fingerprint density at radius 1 is 1.14 bits per heavy atom. The fourth-order valence-electron chi connectivity index (χ4n) is 1.95. The summed E-state index contributed by atoms with van der Waals surface area (Å²) >= 11 is 0. The van der Waals surface area contributed by atoms with Crippen LogP contribution in [0.1, 0.15) is 27.2 Å². The Labute approximate surface area is 132 Å². The van der Waals surface area contributed by atoms with Gasteiger partial charge in [-0.3, -0.25) is 15.0 Å². The second-order valence-electron chi connectivity index (χ2n) is 7.11. The maximum absolute atomic E-state index is 11.8. The van der Waals surface area contributed by atoms with E-state index in [0.29, 0.717) is 13.0 Å². The van der Waals surface area contributed by atoms with Crippen LogP contribution in [-0.2, 0) is 4.79 Å². The third kappa shape index (κ3) is 3.49. The Morgan fingerprint density at radius 2 is 1.73 bits per heavy atom. The number of anilines is 1. The number of carbonyl (C=O) groups is 2. The van der Waals surface area contributed by atoms with E-state index >= 15 is 0 Å². The molecule has 1 aromatic carbocycles. The highest BCUT2D eigenvalue weighted by molar-refractivity contribution is 6.74. The molecule has 6 heteroatoms. The minimum atomic E-state index is -1.86. The lowest BCUT2D eigenvalue weighted by molar-refractivity contribution is -0.120. The summed E-state index contributed by atoms with van der Waals surface area (Å²) < 4.78 is 6.22. The van der Waals surface area contributed by atoms with Crippen LogP contribution in [0.15, 0.2) is 24.3 Å². The summed E-state index contributed by atoms with van der Waals surface area (Å²) in [5.41, 5.74) is 0.771. The van der Waals surface area contributed by atoms with Crippen molar-refractivity contribution in [1.82, 2.24) is 5.32 Å². The quantitative estimate of drug-likeness (QED) is 0.867. The average molecular weight is 320 g/mol.